The van der Waals surface area contributed by atoms with Gasteiger partial charge in [-0.3, -0.25) is 4.79 Å². The molecule has 2 rings (SSSR count). The van der Waals surface area contributed by atoms with E-state index in [1.165, 1.54) is 24.4 Å². The van der Waals surface area contributed by atoms with Crippen LogP contribution in [0, 0.1) is 0 Å². The maximum Gasteiger partial charge on any atom is 0.416 e. The lowest BCUT2D eigenvalue weighted by Crippen LogP contribution is -2.08. The number of hydrogen-bond acceptors (Lipinski definition) is 2. The first-order chi connectivity index (χ1) is 9.95. The lowest BCUT2D eigenvalue weighted by molar-refractivity contribution is -0.137. The number of aromatic nitrogens is 1. The zero-order chi connectivity index (χ0) is 15.3. The Kier molecular flexibility index (Phi) is 4.37. The van der Waals surface area contributed by atoms with Crippen molar-refractivity contribution in [3.8, 4) is 0 Å². The van der Waals surface area contributed by atoms with Crippen LogP contribution in [0.3, 0.4) is 0 Å². The maximum absolute atomic E-state index is 12.5. The molecule has 1 aromatic heterocycles. The van der Waals surface area contributed by atoms with Crippen LogP contribution in [0.4, 0.5) is 19.0 Å². The molecule has 1 heterocycles. The Morgan fingerprint density at radius 2 is 1.95 bits per heavy atom. The molecule has 2 aromatic rings. The number of carbonyl (C=O) groups is 1. The molecule has 1 N–H and O–H groups in total. The first-order valence-corrected chi connectivity index (χ1v) is 6.02. The van der Waals surface area contributed by atoms with Crippen LogP contribution in [-0.4, -0.2) is 10.9 Å². The van der Waals surface area contributed by atoms with Gasteiger partial charge in [-0.05, 0) is 35.9 Å². The molecule has 3 nitrogen and oxygen atoms in total. The molecule has 0 unspecified atom stereocenters. The van der Waals surface area contributed by atoms with E-state index in [1.54, 1.807) is 18.2 Å². The molecule has 0 saturated carbocycles. The molecular formula is C15H11F3N2O. The number of hydrogen-bond donors (Lipinski definition) is 1. The fraction of sp³-hybridized carbons (Fsp3) is 0.0667. The van der Waals surface area contributed by atoms with Gasteiger partial charge in [0.25, 0.3) is 0 Å². The van der Waals surface area contributed by atoms with E-state index in [0.717, 1.165) is 18.2 Å². The molecular weight excluding hydrogens is 281 g/mol. The molecule has 1 aromatic carbocycles. The van der Waals surface area contributed by atoms with Gasteiger partial charge in [0.1, 0.15) is 5.82 Å². The lowest BCUT2D eigenvalue weighted by atomic mass is 10.1. The fourth-order valence-electron chi connectivity index (χ4n) is 1.60. The first-order valence-electron chi connectivity index (χ1n) is 6.02. The number of rotatable bonds is 3. The standard InChI is InChI=1S/C15H11F3N2O/c16-15(17,18)12-5-3-4-11(10-12)7-8-14(21)20-13-6-1-2-9-19-13/h1-10H,(H,19,20,21). The van der Waals surface area contributed by atoms with Gasteiger partial charge >= 0.3 is 6.18 Å². The van der Waals surface area contributed by atoms with Crippen molar-refractivity contribution >= 4 is 17.8 Å². The molecule has 0 aliphatic heterocycles. The van der Waals surface area contributed by atoms with E-state index in [4.69, 9.17) is 0 Å². The number of alkyl halides is 3. The quantitative estimate of drug-likeness (QED) is 0.875. The molecule has 21 heavy (non-hydrogen) atoms. The van der Waals surface area contributed by atoms with E-state index in [2.05, 4.69) is 10.3 Å². The van der Waals surface area contributed by atoms with Crippen LogP contribution < -0.4 is 5.32 Å². The fourth-order valence-corrected chi connectivity index (χ4v) is 1.60. The average Bonchev–Trinajstić information content (AvgIpc) is 2.46. The van der Waals surface area contributed by atoms with Crippen LogP contribution in [0.25, 0.3) is 6.08 Å². The highest BCUT2D eigenvalue weighted by Crippen LogP contribution is 2.29. The lowest BCUT2D eigenvalue weighted by Gasteiger charge is -2.06. The van der Waals surface area contributed by atoms with Gasteiger partial charge in [-0.2, -0.15) is 13.2 Å². The number of amides is 1. The molecule has 1 amide bonds. The highest BCUT2D eigenvalue weighted by atomic mass is 19.4. The summed E-state index contributed by atoms with van der Waals surface area (Å²) in [6, 6.07) is 9.75. The van der Waals surface area contributed by atoms with Gasteiger partial charge in [-0.25, -0.2) is 4.98 Å². The predicted octanol–water partition coefficient (Wildman–Crippen LogP) is 3.75. The van der Waals surface area contributed by atoms with E-state index in [9.17, 15) is 18.0 Å². The Hall–Kier alpha value is -2.63. The van der Waals surface area contributed by atoms with Gasteiger partial charge < -0.3 is 5.32 Å². The van der Waals surface area contributed by atoms with Gasteiger partial charge in [0, 0.05) is 12.3 Å². The third-order valence-electron chi connectivity index (χ3n) is 2.56. The molecule has 0 bridgehead atoms. The van der Waals surface area contributed by atoms with E-state index >= 15 is 0 Å². The first kappa shape index (κ1) is 14.8. The summed E-state index contributed by atoms with van der Waals surface area (Å²) in [4.78, 5) is 15.5. The Balaban J connectivity index is 2.06. The summed E-state index contributed by atoms with van der Waals surface area (Å²) < 4.78 is 37.6. The largest absolute Gasteiger partial charge is 0.416 e. The number of nitrogens with one attached hydrogen (secondary N) is 1. The van der Waals surface area contributed by atoms with E-state index < -0.39 is 17.6 Å². The van der Waals surface area contributed by atoms with Crippen molar-refractivity contribution in [1.82, 2.24) is 4.98 Å². The van der Waals surface area contributed by atoms with Crippen LogP contribution in [0.5, 0.6) is 0 Å². The molecule has 0 aliphatic carbocycles. The molecule has 108 valence electrons. The van der Waals surface area contributed by atoms with Crippen LogP contribution in [-0.2, 0) is 11.0 Å². The summed E-state index contributed by atoms with van der Waals surface area (Å²) in [5, 5.41) is 2.50. The Morgan fingerprint density at radius 3 is 2.62 bits per heavy atom. The third kappa shape index (κ3) is 4.45. The highest BCUT2D eigenvalue weighted by Gasteiger charge is 2.30. The normalized spacial score (nSPS) is 11.6. The third-order valence-corrected chi connectivity index (χ3v) is 2.56. The number of carbonyl (C=O) groups excluding carboxylic acids is 1. The van der Waals surface area contributed by atoms with Crippen LogP contribution >= 0.6 is 0 Å². The second-order valence-corrected chi connectivity index (χ2v) is 4.16. The van der Waals surface area contributed by atoms with Gasteiger partial charge in [0.05, 0.1) is 5.56 Å². The topological polar surface area (TPSA) is 42.0 Å². The van der Waals surface area contributed by atoms with Gasteiger partial charge in [-0.15, -0.1) is 0 Å². The summed E-state index contributed by atoms with van der Waals surface area (Å²) in [5.74, 6) is -0.0951. The Bertz CT molecular complexity index is 651. The Labute approximate surface area is 119 Å². The summed E-state index contributed by atoms with van der Waals surface area (Å²) in [5.41, 5.74) is -0.462. The minimum atomic E-state index is -4.40. The zero-order valence-corrected chi connectivity index (χ0v) is 10.8. The van der Waals surface area contributed by atoms with Gasteiger partial charge in [0.2, 0.25) is 5.91 Å². The summed E-state index contributed by atoms with van der Waals surface area (Å²) >= 11 is 0. The van der Waals surface area contributed by atoms with Gasteiger partial charge in [0.15, 0.2) is 0 Å². The molecule has 0 aliphatic rings. The smallest absolute Gasteiger partial charge is 0.307 e. The monoisotopic (exact) mass is 292 g/mol. The average molecular weight is 292 g/mol. The van der Waals surface area contributed by atoms with Crippen molar-refractivity contribution in [2.75, 3.05) is 5.32 Å². The van der Waals surface area contributed by atoms with Crippen molar-refractivity contribution in [3.05, 3.63) is 65.9 Å². The maximum atomic E-state index is 12.5. The van der Waals surface area contributed by atoms with Crippen molar-refractivity contribution in [3.63, 3.8) is 0 Å². The minimum Gasteiger partial charge on any atom is -0.307 e. The van der Waals surface area contributed by atoms with Crippen LogP contribution in [0.15, 0.2) is 54.7 Å². The molecule has 0 saturated heterocycles. The van der Waals surface area contributed by atoms with Crippen molar-refractivity contribution in [1.29, 1.82) is 0 Å². The van der Waals surface area contributed by atoms with E-state index in [1.807, 2.05) is 0 Å². The summed E-state index contributed by atoms with van der Waals surface area (Å²) in [7, 11) is 0. The van der Waals surface area contributed by atoms with Crippen molar-refractivity contribution in [2.24, 2.45) is 0 Å². The number of halogens is 3. The molecule has 0 fully saturated rings. The van der Waals surface area contributed by atoms with Gasteiger partial charge in [-0.1, -0.05) is 18.2 Å². The molecule has 6 heteroatoms. The second-order valence-electron chi connectivity index (χ2n) is 4.16. The number of pyridine rings is 1. The zero-order valence-electron chi connectivity index (χ0n) is 10.8. The van der Waals surface area contributed by atoms with E-state index in [0.29, 0.717) is 11.4 Å². The number of nitrogens with zero attached hydrogens (tertiary/aromatic N) is 1. The minimum absolute atomic E-state index is 0.293. The van der Waals surface area contributed by atoms with Crippen LogP contribution in [0.2, 0.25) is 0 Å². The van der Waals surface area contributed by atoms with E-state index in [-0.39, 0.29) is 0 Å². The number of benzene rings is 1. The van der Waals surface area contributed by atoms with Crippen molar-refractivity contribution < 1.29 is 18.0 Å². The summed E-state index contributed by atoms with van der Waals surface area (Å²) in [6.07, 6.45) is -0.413. The SMILES string of the molecule is O=C(C=Cc1cccc(C(F)(F)F)c1)Nc1ccccn1. The Morgan fingerprint density at radius 1 is 1.14 bits per heavy atom. The molecule has 0 spiro atoms. The highest BCUT2D eigenvalue weighted by molar-refractivity contribution is 6.01. The second kappa shape index (κ2) is 6.21. The van der Waals surface area contributed by atoms with Crippen molar-refractivity contribution in [2.45, 2.75) is 6.18 Å². The summed E-state index contributed by atoms with van der Waals surface area (Å²) in [6.45, 7) is 0. The molecule has 0 atom stereocenters. The predicted molar refractivity (Wildman–Crippen MR) is 73.3 cm³/mol. The number of anilines is 1. The van der Waals surface area contributed by atoms with Crippen LogP contribution in [0.1, 0.15) is 11.1 Å². The molecule has 0 radical (unpaired) electrons.